The van der Waals surface area contributed by atoms with Crippen LogP contribution in [0.3, 0.4) is 0 Å². The molecule has 1 aliphatic rings. The molecule has 1 aliphatic heterocycles. The van der Waals surface area contributed by atoms with Gasteiger partial charge in [-0.2, -0.15) is 5.26 Å². The number of carbonyl (C=O) groups is 2. The SMILES string of the molecule is CC(C)N1C(=O)CCC(C(=O)O)C1c1ccccc1C#N. The fraction of sp³-hybridized carbons (Fsp3) is 0.438. The maximum Gasteiger partial charge on any atom is 0.308 e. The summed E-state index contributed by atoms with van der Waals surface area (Å²) in [6.07, 6.45) is 0.544. The van der Waals surface area contributed by atoms with Crippen molar-refractivity contribution >= 4 is 11.9 Å². The summed E-state index contributed by atoms with van der Waals surface area (Å²) in [5, 5.41) is 18.8. The molecule has 0 saturated carbocycles. The lowest BCUT2D eigenvalue weighted by Gasteiger charge is -2.42. The maximum absolute atomic E-state index is 12.2. The van der Waals surface area contributed by atoms with E-state index < -0.39 is 17.9 Å². The van der Waals surface area contributed by atoms with Gasteiger partial charge >= 0.3 is 5.97 Å². The highest BCUT2D eigenvalue weighted by atomic mass is 16.4. The summed E-state index contributed by atoms with van der Waals surface area (Å²) in [5.74, 6) is -1.66. The van der Waals surface area contributed by atoms with Gasteiger partial charge in [-0.1, -0.05) is 18.2 Å². The summed E-state index contributed by atoms with van der Waals surface area (Å²) in [6, 6.07) is 8.31. The number of hydrogen-bond acceptors (Lipinski definition) is 3. The van der Waals surface area contributed by atoms with Gasteiger partial charge in [0, 0.05) is 12.5 Å². The minimum absolute atomic E-state index is 0.0553. The lowest BCUT2D eigenvalue weighted by atomic mass is 9.82. The molecular weight excluding hydrogens is 268 g/mol. The standard InChI is InChI=1S/C16H18N2O3/c1-10(2)18-14(19)8-7-13(16(20)21)15(18)12-6-4-3-5-11(12)9-17/h3-6,10,13,15H,7-8H2,1-2H3,(H,20,21). The molecule has 1 saturated heterocycles. The van der Waals surface area contributed by atoms with Crippen LogP contribution in [0, 0.1) is 17.2 Å². The van der Waals surface area contributed by atoms with E-state index in [4.69, 9.17) is 0 Å². The summed E-state index contributed by atoms with van der Waals surface area (Å²) in [4.78, 5) is 25.4. The van der Waals surface area contributed by atoms with Crippen LogP contribution in [-0.4, -0.2) is 27.9 Å². The molecule has 2 rings (SSSR count). The van der Waals surface area contributed by atoms with Crippen LogP contribution in [0.15, 0.2) is 24.3 Å². The molecule has 0 aromatic heterocycles. The van der Waals surface area contributed by atoms with Crippen molar-refractivity contribution in [1.29, 1.82) is 5.26 Å². The summed E-state index contributed by atoms with van der Waals surface area (Å²) < 4.78 is 0. The smallest absolute Gasteiger partial charge is 0.308 e. The average Bonchev–Trinajstić information content (AvgIpc) is 2.46. The molecule has 1 fully saturated rings. The summed E-state index contributed by atoms with van der Waals surface area (Å²) in [7, 11) is 0. The topological polar surface area (TPSA) is 81.4 Å². The van der Waals surface area contributed by atoms with Crippen LogP contribution in [0.4, 0.5) is 0 Å². The third-order valence-corrected chi connectivity index (χ3v) is 3.91. The molecule has 21 heavy (non-hydrogen) atoms. The largest absolute Gasteiger partial charge is 0.481 e. The molecule has 0 radical (unpaired) electrons. The first-order chi connectivity index (χ1) is 9.97. The van der Waals surface area contributed by atoms with Crippen LogP contribution in [0.2, 0.25) is 0 Å². The first kappa shape index (κ1) is 15.0. The van der Waals surface area contributed by atoms with Gasteiger partial charge in [-0.15, -0.1) is 0 Å². The molecule has 5 nitrogen and oxygen atoms in total. The van der Waals surface area contributed by atoms with Crippen LogP contribution < -0.4 is 0 Å². The molecule has 1 N–H and O–H groups in total. The van der Waals surface area contributed by atoms with E-state index in [0.717, 1.165) is 0 Å². The number of piperidine rings is 1. The van der Waals surface area contributed by atoms with E-state index in [1.807, 2.05) is 13.8 Å². The molecule has 2 atom stereocenters. The molecule has 5 heteroatoms. The van der Waals surface area contributed by atoms with E-state index in [9.17, 15) is 20.0 Å². The number of amides is 1. The number of carbonyl (C=O) groups excluding carboxylic acids is 1. The number of likely N-dealkylation sites (tertiary alicyclic amines) is 1. The Labute approximate surface area is 123 Å². The summed E-state index contributed by atoms with van der Waals surface area (Å²) in [6.45, 7) is 3.73. The Morgan fingerprint density at radius 1 is 1.43 bits per heavy atom. The Balaban J connectivity index is 2.57. The minimum Gasteiger partial charge on any atom is -0.481 e. The Bertz CT molecular complexity index is 604. The second-order valence-electron chi connectivity index (χ2n) is 5.52. The average molecular weight is 286 g/mol. The van der Waals surface area contributed by atoms with Crippen molar-refractivity contribution in [2.24, 2.45) is 5.92 Å². The number of nitrogens with zero attached hydrogens (tertiary/aromatic N) is 2. The first-order valence-corrected chi connectivity index (χ1v) is 7.00. The van der Waals surface area contributed by atoms with E-state index >= 15 is 0 Å². The predicted molar refractivity (Wildman–Crippen MR) is 76.2 cm³/mol. The number of benzene rings is 1. The first-order valence-electron chi connectivity index (χ1n) is 7.00. The zero-order valence-corrected chi connectivity index (χ0v) is 12.1. The van der Waals surface area contributed by atoms with E-state index in [1.165, 1.54) is 0 Å². The van der Waals surface area contributed by atoms with E-state index in [0.29, 0.717) is 17.5 Å². The van der Waals surface area contributed by atoms with Crippen molar-refractivity contribution in [1.82, 2.24) is 4.90 Å². The van der Waals surface area contributed by atoms with E-state index in [2.05, 4.69) is 6.07 Å². The highest BCUT2D eigenvalue weighted by molar-refractivity contribution is 5.82. The van der Waals surface area contributed by atoms with Gasteiger partial charge in [-0.3, -0.25) is 9.59 Å². The van der Waals surface area contributed by atoms with Gasteiger partial charge in [0.2, 0.25) is 5.91 Å². The third kappa shape index (κ3) is 2.75. The van der Waals surface area contributed by atoms with E-state index in [1.54, 1.807) is 29.2 Å². The highest BCUT2D eigenvalue weighted by Crippen LogP contribution is 2.39. The fourth-order valence-electron chi connectivity index (χ4n) is 3.01. The van der Waals surface area contributed by atoms with Crippen LogP contribution in [-0.2, 0) is 9.59 Å². The molecule has 0 aliphatic carbocycles. The summed E-state index contributed by atoms with van der Waals surface area (Å²) >= 11 is 0. The van der Waals surface area contributed by atoms with Gasteiger partial charge in [0.05, 0.1) is 23.6 Å². The van der Waals surface area contributed by atoms with Crippen molar-refractivity contribution in [3.8, 4) is 6.07 Å². The van der Waals surface area contributed by atoms with Gasteiger partial charge in [0.1, 0.15) is 0 Å². The van der Waals surface area contributed by atoms with Crippen LogP contribution >= 0.6 is 0 Å². The van der Waals surface area contributed by atoms with Gasteiger partial charge < -0.3 is 10.0 Å². The fourth-order valence-corrected chi connectivity index (χ4v) is 3.01. The second kappa shape index (κ2) is 5.96. The molecule has 1 heterocycles. The molecule has 2 unspecified atom stereocenters. The number of hydrogen-bond donors (Lipinski definition) is 1. The lowest BCUT2D eigenvalue weighted by Crippen LogP contribution is -2.48. The minimum atomic E-state index is -0.925. The number of nitriles is 1. The van der Waals surface area contributed by atoms with Crippen molar-refractivity contribution in [3.05, 3.63) is 35.4 Å². The highest BCUT2D eigenvalue weighted by Gasteiger charge is 2.42. The maximum atomic E-state index is 12.2. The molecular formula is C16H18N2O3. The Hall–Kier alpha value is -2.35. The van der Waals surface area contributed by atoms with Gasteiger partial charge in [-0.05, 0) is 31.9 Å². The molecule has 0 bridgehead atoms. The molecule has 1 aromatic carbocycles. The van der Waals surface area contributed by atoms with Crippen molar-refractivity contribution < 1.29 is 14.7 Å². The van der Waals surface area contributed by atoms with Crippen molar-refractivity contribution in [2.45, 2.75) is 38.8 Å². The number of rotatable bonds is 3. The lowest BCUT2D eigenvalue weighted by molar-refractivity contribution is -0.153. The quantitative estimate of drug-likeness (QED) is 0.924. The zero-order chi connectivity index (χ0) is 15.6. The van der Waals surface area contributed by atoms with Crippen LogP contribution in [0.5, 0.6) is 0 Å². The van der Waals surface area contributed by atoms with Crippen LogP contribution in [0.1, 0.15) is 43.9 Å². The normalized spacial score (nSPS) is 22.2. The predicted octanol–water partition coefficient (Wildman–Crippen LogP) is 2.33. The van der Waals surface area contributed by atoms with Crippen molar-refractivity contribution in [2.75, 3.05) is 0 Å². The summed E-state index contributed by atoms with van der Waals surface area (Å²) in [5.41, 5.74) is 1.04. The Kier molecular flexibility index (Phi) is 4.27. The van der Waals surface area contributed by atoms with Gasteiger partial charge in [0.25, 0.3) is 0 Å². The molecule has 1 amide bonds. The molecule has 0 spiro atoms. The second-order valence-corrected chi connectivity index (χ2v) is 5.52. The molecule has 110 valence electrons. The monoisotopic (exact) mass is 286 g/mol. The third-order valence-electron chi connectivity index (χ3n) is 3.91. The zero-order valence-electron chi connectivity index (χ0n) is 12.1. The van der Waals surface area contributed by atoms with Gasteiger partial charge in [0.15, 0.2) is 0 Å². The number of carboxylic acid groups (broad SMARTS) is 1. The molecule has 1 aromatic rings. The Morgan fingerprint density at radius 3 is 2.67 bits per heavy atom. The van der Waals surface area contributed by atoms with E-state index in [-0.39, 0.29) is 18.4 Å². The number of aliphatic carboxylic acids is 1. The Morgan fingerprint density at radius 2 is 2.10 bits per heavy atom. The van der Waals surface area contributed by atoms with Crippen LogP contribution in [0.25, 0.3) is 0 Å². The van der Waals surface area contributed by atoms with Crippen molar-refractivity contribution in [3.63, 3.8) is 0 Å². The number of carboxylic acids is 1. The van der Waals surface area contributed by atoms with Gasteiger partial charge in [-0.25, -0.2) is 0 Å².